The second kappa shape index (κ2) is 7.03. The smallest absolute Gasteiger partial charge is 0.257 e. The number of amides is 1. The number of nitrogens with one attached hydrogen (secondary N) is 1. The van der Waals surface area contributed by atoms with Crippen LogP contribution in [-0.2, 0) is 4.79 Å². The second-order valence-electron chi connectivity index (χ2n) is 3.87. The highest BCUT2D eigenvalue weighted by Crippen LogP contribution is 2.20. The van der Waals surface area contributed by atoms with Gasteiger partial charge in [-0.2, -0.15) is 10.2 Å². The van der Waals surface area contributed by atoms with Crippen molar-refractivity contribution in [3.8, 4) is 0 Å². The molecular formula is C14H11Cl2N3O. The minimum atomic E-state index is -1.09. The summed E-state index contributed by atoms with van der Waals surface area (Å²) in [7, 11) is 0. The molecule has 0 aliphatic carbocycles. The minimum absolute atomic E-state index is 0.466. The monoisotopic (exact) mass is 307 g/mol. The number of carbonyl (C=O) groups excluding carboxylic acids is 1. The number of nitrogens with zero attached hydrogens (tertiary/aromatic N) is 2. The van der Waals surface area contributed by atoms with Crippen molar-refractivity contribution in [2.45, 2.75) is 4.84 Å². The fraction of sp³-hybridized carbons (Fsp3) is 0.0714. The molecule has 0 radical (unpaired) electrons. The molecule has 0 aliphatic rings. The van der Waals surface area contributed by atoms with Crippen LogP contribution in [0.1, 0.15) is 0 Å². The number of rotatable bonds is 4. The highest BCUT2D eigenvalue weighted by Gasteiger charge is 2.10. The first-order valence-electron chi connectivity index (χ1n) is 5.81. The van der Waals surface area contributed by atoms with Crippen LogP contribution in [0.5, 0.6) is 0 Å². The SMILES string of the molecule is O=C(Nc1ccc(N=Nc2ccccc2)cc1)C(Cl)Cl. The summed E-state index contributed by atoms with van der Waals surface area (Å²) in [5.74, 6) is -0.466. The molecule has 20 heavy (non-hydrogen) atoms. The fourth-order valence-corrected chi connectivity index (χ4v) is 1.53. The Morgan fingerprint density at radius 3 is 2.00 bits per heavy atom. The van der Waals surface area contributed by atoms with Crippen LogP contribution in [0.4, 0.5) is 17.1 Å². The maximum absolute atomic E-state index is 11.3. The molecule has 6 heteroatoms. The normalized spacial score (nSPS) is 10.9. The third-order valence-electron chi connectivity index (χ3n) is 2.37. The standard InChI is InChI=1S/C14H11Cl2N3O/c15-13(16)14(20)17-10-6-8-12(9-7-10)19-18-11-4-2-1-3-5-11/h1-9,13H,(H,17,20). The Morgan fingerprint density at radius 1 is 0.900 bits per heavy atom. The number of hydrogen-bond acceptors (Lipinski definition) is 3. The molecule has 0 aromatic heterocycles. The van der Waals surface area contributed by atoms with E-state index in [1.54, 1.807) is 24.3 Å². The van der Waals surface area contributed by atoms with Crippen molar-refractivity contribution in [3.05, 3.63) is 54.6 Å². The zero-order valence-corrected chi connectivity index (χ0v) is 11.8. The third kappa shape index (κ3) is 4.33. The van der Waals surface area contributed by atoms with Crippen molar-refractivity contribution in [2.24, 2.45) is 10.2 Å². The Morgan fingerprint density at radius 2 is 1.45 bits per heavy atom. The van der Waals surface area contributed by atoms with Crippen molar-refractivity contribution in [1.29, 1.82) is 0 Å². The Kier molecular flexibility index (Phi) is 5.09. The van der Waals surface area contributed by atoms with Gasteiger partial charge in [-0.05, 0) is 36.4 Å². The van der Waals surface area contributed by atoms with Crippen molar-refractivity contribution in [2.75, 3.05) is 5.32 Å². The highest BCUT2D eigenvalue weighted by molar-refractivity contribution is 6.54. The first-order valence-corrected chi connectivity index (χ1v) is 6.68. The van der Waals surface area contributed by atoms with Gasteiger partial charge in [0.15, 0.2) is 4.84 Å². The number of halogens is 2. The van der Waals surface area contributed by atoms with Gasteiger partial charge < -0.3 is 5.32 Å². The summed E-state index contributed by atoms with van der Waals surface area (Å²) in [6.45, 7) is 0. The Balaban J connectivity index is 2.02. The van der Waals surface area contributed by atoms with Gasteiger partial charge in [0.1, 0.15) is 0 Å². The quantitative estimate of drug-likeness (QED) is 0.637. The van der Waals surface area contributed by atoms with E-state index >= 15 is 0 Å². The van der Waals surface area contributed by atoms with E-state index in [9.17, 15) is 4.79 Å². The van der Waals surface area contributed by atoms with Gasteiger partial charge in [0.05, 0.1) is 11.4 Å². The number of hydrogen-bond donors (Lipinski definition) is 1. The van der Waals surface area contributed by atoms with Crippen molar-refractivity contribution in [3.63, 3.8) is 0 Å². The zero-order chi connectivity index (χ0) is 14.4. The molecule has 102 valence electrons. The maximum atomic E-state index is 11.3. The predicted molar refractivity (Wildman–Crippen MR) is 81.2 cm³/mol. The van der Waals surface area contributed by atoms with E-state index in [0.29, 0.717) is 11.4 Å². The third-order valence-corrected chi connectivity index (χ3v) is 2.77. The molecule has 1 amide bonds. The predicted octanol–water partition coefficient (Wildman–Crippen LogP) is 4.84. The van der Waals surface area contributed by atoms with E-state index in [2.05, 4.69) is 15.5 Å². The van der Waals surface area contributed by atoms with Gasteiger partial charge >= 0.3 is 0 Å². The average Bonchev–Trinajstić information content (AvgIpc) is 2.47. The summed E-state index contributed by atoms with van der Waals surface area (Å²) in [5.41, 5.74) is 2.05. The van der Waals surface area contributed by atoms with Crippen LogP contribution >= 0.6 is 23.2 Å². The van der Waals surface area contributed by atoms with E-state index < -0.39 is 10.7 Å². The van der Waals surface area contributed by atoms with Crippen LogP contribution in [0.25, 0.3) is 0 Å². The Bertz CT molecular complexity index is 598. The first-order chi connectivity index (χ1) is 9.65. The number of alkyl halides is 2. The van der Waals surface area contributed by atoms with Gasteiger partial charge in [0.2, 0.25) is 0 Å². The van der Waals surface area contributed by atoms with Gasteiger partial charge in [0, 0.05) is 5.69 Å². The Hall–Kier alpha value is -1.91. The molecule has 0 aliphatic heterocycles. The highest BCUT2D eigenvalue weighted by atomic mass is 35.5. The van der Waals surface area contributed by atoms with E-state index in [1.807, 2.05) is 30.3 Å². The van der Waals surface area contributed by atoms with Gasteiger partial charge in [-0.3, -0.25) is 4.79 Å². The molecule has 0 atom stereocenters. The van der Waals surface area contributed by atoms with E-state index in [4.69, 9.17) is 23.2 Å². The summed E-state index contributed by atoms with van der Waals surface area (Å²) in [4.78, 5) is 10.2. The second-order valence-corrected chi connectivity index (χ2v) is 4.97. The van der Waals surface area contributed by atoms with Gasteiger partial charge in [-0.15, -0.1) is 0 Å². The van der Waals surface area contributed by atoms with Crippen LogP contribution in [0.15, 0.2) is 64.8 Å². The summed E-state index contributed by atoms with van der Waals surface area (Å²) in [6, 6.07) is 16.3. The molecule has 2 aromatic rings. The van der Waals surface area contributed by atoms with Crippen LogP contribution in [0.2, 0.25) is 0 Å². The summed E-state index contributed by atoms with van der Waals surface area (Å²) in [5, 5.41) is 10.8. The maximum Gasteiger partial charge on any atom is 0.257 e. The number of benzene rings is 2. The molecule has 0 bridgehead atoms. The molecule has 0 saturated carbocycles. The topological polar surface area (TPSA) is 53.8 Å². The molecule has 0 heterocycles. The lowest BCUT2D eigenvalue weighted by molar-refractivity contribution is -0.114. The van der Waals surface area contributed by atoms with Crippen LogP contribution in [0, 0.1) is 0 Å². The summed E-state index contributed by atoms with van der Waals surface area (Å²) in [6.07, 6.45) is 0. The first kappa shape index (κ1) is 14.5. The minimum Gasteiger partial charge on any atom is -0.324 e. The van der Waals surface area contributed by atoms with Gasteiger partial charge in [-0.1, -0.05) is 41.4 Å². The van der Waals surface area contributed by atoms with Crippen LogP contribution in [-0.4, -0.2) is 10.7 Å². The molecule has 2 rings (SSSR count). The molecule has 0 spiro atoms. The molecule has 4 nitrogen and oxygen atoms in total. The zero-order valence-electron chi connectivity index (χ0n) is 10.3. The largest absolute Gasteiger partial charge is 0.324 e. The van der Waals surface area contributed by atoms with Crippen LogP contribution in [0.3, 0.4) is 0 Å². The molecule has 1 N–H and O–H groups in total. The van der Waals surface area contributed by atoms with Crippen molar-refractivity contribution in [1.82, 2.24) is 0 Å². The van der Waals surface area contributed by atoms with Crippen LogP contribution < -0.4 is 5.32 Å². The lowest BCUT2D eigenvalue weighted by Crippen LogP contribution is -2.18. The fourth-order valence-electron chi connectivity index (χ4n) is 1.42. The Labute approximate surface area is 126 Å². The molecule has 0 saturated heterocycles. The van der Waals surface area contributed by atoms with E-state index in [0.717, 1.165) is 5.69 Å². The van der Waals surface area contributed by atoms with Gasteiger partial charge in [0.25, 0.3) is 5.91 Å². The molecular weight excluding hydrogens is 297 g/mol. The van der Waals surface area contributed by atoms with E-state index in [-0.39, 0.29) is 0 Å². The van der Waals surface area contributed by atoms with E-state index in [1.165, 1.54) is 0 Å². The van der Waals surface area contributed by atoms with Crippen molar-refractivity contribution < 1.29 is 4.79 Å². The molecule has 0 unspecified atom stereocenters. The van der Waals surface area contributed by atoms with Crippen molar-refractivity contribution >= 4 is 46.2 Å². The summed E-state index contributed by atoms with van der Waals surface area (Å²) < 4.78 is 0. The number of carbonyl (C=O) groups is 1. The molecule has 2 aromatic carbocycles. The average molecular weight is 308 g/mol. The number of anilines is 1. The van der Waals surface area contributed by atoms with Gasteiger partial charge in [-0.25, -0.2) is 0 Å². The summed E-state index contributed by atoms with van der Waals surface area (Å²) >= 11 is 10.9. The number of azo groups is 1. The lowest BCUT2D eigenvalue weighted by atomic mass is 10.3. The molecule has 0 fully saturated rings. The lowest BCUT2D eigenvalue weighted by Gasteiger charge is -2.04.